The molecule has 0 aliphatic carbocycles. The quantitative estimate of drug-likeness (QED) is 0.571. The molecule has 0 radical (unpaired) electrons. The van der Waals surface area contributed by atoms with Gasteiger partial charge in [0.25, 0.3) is 0 Å². The topological polar surface area (TPSA) is 96.5 Å². The SMILES string of the molecule is CC(C)(C)OC(=O)NCC(=O)Nc1ccccc1CNC(=O)CCc1cccc(Cl)c1. The first-order valence-electron chi connectivity index (χ1n) is 9.98. The van der Waals surface area contributed by atoms with Crippen molar-refractivity contribution >= 4 is 35.2 Å². The Morgan fingerprint density at radius 3 is 2.42 bits per heavy atom. The van der Waals surface area contributed by atoms with Gasteiger partial charge < -0.3 is 20.7 Å². The third-order valence-electron chi connectivity index (χ3n) is 4.09. The van der Waals surface area contributed by atoms with Crippen molar-refractivity contribution in [2.75, 3.05) is 11.9 Å². The Morgan fingerprint density at radius 1 is 0.968 bits per heavy atom. The zero-order valence-corrected chi connectivity index (χ0v) is 18.7. The van der Waals surface area contributed by atoms with Crippen molar-refractivity contribution in [3.05, 3.63) is 64.7 Å². The van der Waals surface area contributed by atoms with Crippen LogP contribution in [0.4, 0.5) is 10.5 Å². The molecule has 0 saturated heterocycles. The molecule has 0 atom stereocenters. The lowest BCUT2D eigenvalue weighted by Crippen LogP contribution is -2.37. The highest BCUT2D eigenvalue weighted by atomic mass is 35.5. The number of carbonyl (C=O) groups excluding carboxylic acids is 3. The minimum atomic E-state index is -0.664. The number of hydrogen-bond donors (Lipinski definition) is 3. The van der Waals surface area contributed by atoms with Crippen molar-refractivity contribution < 1.29 is 19.1 Å². The number of anilines is 1. The molecule has 2 rings (SSSR count). The predicted octanol–water partition coefficient (Wildman–Crippen LogP) is 4.05. The number of alkyl carbamates (subject to hydrolysis) is 1. The van der Waals surface area contributed by atoms with Gasteiger partial charge in [0.05, 0.1) is 0 Å². The lowest BCUT2D eigenvalue weighted by molar-refractivity contribution is -0.121. The molecule has 0 fully saturated rings. The maximum absolute atomic E-state index is 12.2. The highest BCUT2D eigenvalue weighted by Gasteiger charge is 2.17. The molecule has 166 valence electrons. The fraction of sp³-hybridized carbons (Fsp3) is 0.348. The van der Waals surface area contributed by atoms with Crippen molar-refractivity contribution in [3.8, 4) is 0 Å². The fourth-order valence-electron chi connectivity index (χ4n) is 2.69. The average molecular weight is 446 g/mol. The van der Waals surface area contributed by atoms with Gasteiger partial charge in [-0.05, 0) is 56.5 Å². The first-order valence-corrected chi connectivity index (χ1v) is 10.4. The molecule has 0 heterocycles. The maximum atomic E-state index is 12.2. The predicted molar refractivity (Wildman–Crippen MR) is 121 cm³/mol. The van der Waals surface area contributed by atoms with Gasteiger partial charge in [-0.25, -0.2) is 4.79 Å². The van der Waals surface area contributed by atoms with Gasteiger partial charge in [0.15, 0.2) is 0 Å². The van der Waals surface area contributed by atoms with Gasteiger partial charge in [0.2, 0.25) is 11.8 Å². The summed E-state index contributed by atoms with van der Waals surface area (Å²) in [5.41, 5.74) is 1.67. The Balaban J connectivity index is 1.82. The molecule has 8 heteroatoms. The zero-order valence-electron chi connectivity index (χ0n) is 18.0. The summed E-state index contributed by atoms with van der Waals surface area (Å²) in [5.74, 6) is -0.502. The van der Waals surface area contributed by atoms with Crippen LogP contribution in [0.15, 0.2) is 48.5 Å². The van der Waals surface area contributed by atoms with Crippen LogP contribution in [0.3, 0.4) is 0 Å². The fourth-order valence-corrected chi connectivity index (χ4v) is 2.90. The van der Waals surface area contributed by atoms with Crippen LogP contribution in [0.25, 0.3) is 0 Å². The lowest BCUT2D eigenvalue weighted by atomic mass is 10.1. The molecule has 0 bridgehead atoms. The molecule has 3 amide bonds. The van der Waals surface area contributed by atoms with Crippen LogP contribution in [-0.2, 0) is 27.3 Å². The molecule has 0 aliphatic rings. The second-order valence-corrected chi connectivity index (χ2v) is 8.40. The first kappa shape index (κ1) is 24.2. The van der Waals surface area contributed by atoms with Crippen LogP contribution in [0, 0.1) is 0 Å². The first-order chi connectivity index (χ1) is 14.6. The number of hydrogen-bond acceptors (Lipinski definition) is 4. The summed E-state index contributed by atoms with van der Waals surface area (Å²) in [5, 5.41) is 8.66. The molecule has 0 unspecified atom stereocenters. The summed E-state index contributed by atoms with van der Waals surface area (Å²) in [7, 11) is 0. The second kappa shape index (κ2) is 11.4. The van der Waals surface area contributed by atoms with E-state index in [1.807, 2.05) is 30.3 Å². The van der Waals surface area contributed by atoms with Gasteiger partial charge in [0.1, 0.15) is 12.1 Å². The van der Waals surface area contributed by atoms with Crippen molar-refractivity contribution in [3.63, 3.8) is 0 Å². The molecule has 3 N–H and O–H groups in total. The molecule has 0 aromatic heterocycles. The van der Waals surface area contributed by atoms with E-state index < -0.39 is 17.6 Å². The Morgan fingerprint density at radius 2 is 1.71 bits per heavy atom. The number of aryl methyl sites for hydroxylation is 1. The summed E-state index contributed by atoms with van der Waals surface area (Å²) in [4.78, 5) is 36.1. The standard InChI is InChI=1S/C23H28ClN3O4/c1-23(2,3)31-22(30)26-15-21(29)27-19-10-5-4-8-17(19)14-25-20(28)12-11-16-7-6-9-18(24)13-16/h4-10,13H,11-12,14-15H2,1-3H3,(H,25,28)(H,26,30)(H,27,29). The van der Waals surface area contributed by atoms with E-state index in [1.54, 1.807) is 39.0 Å². The number of para-hydroxylation sites is 1. The van der Waals surface area contributed by atoms with E-state index in [0.29, 0.717) is 23.6 Å². The van der Waals surface area contributed by atoms with E-state index in [-0.39, 0.29) is 19.0 Å². The van der Waals surface area contributed by atoms with Crippen LogP contribution < -0.4 is 16.0 Å². The largest absolute Gasteiger partial charge is 0.444 e. The number of benzene rings is 2. The number of carbonyl (C=O) groups is 3. The minimum absolute atomic E-state index is 0.104. The Labute approximate surface area is 187 Å². The number of ether oxygens (including phenoxy) is 1. The van der Waals surface area contributed by atoms with E-state index >= 15 is 0 Å². The average Bonchev–Trinajstić information content (AvgIpc) is 2.69. The van der Waals surface area contributed by atoms with Gasteiger partial charge in [-0.2, -0.15) is 0 Å². The van der Waals surface area contributed by atoms with Gasteiger partial charge in [-0.1, -0.05) is 41.9 Å². The molecule has 0 aliphatic heterocycles. The van der Waals surface area contributed by atoms with E-state index in [0.717, 1.165) is 11.1 Å². The van der Waals surface area contributed by atoms with Crippen LogP contribution in [0.1, 0.15) is 38.3 Å². The minimum Gasteiger partial charge on any atom is -0.444 e. The summed E-state index contributed by atoms with van der Waals surface area (Å²) in [6.07, 6.45) is 0.249. The molecule has 0 saturated carbocycles. The van der Waals surface area contributed by atoms with Crippen molar-refractivity contribution in [1.29, 1.82) is 0 Å². The second-order valence-electron chi connectivity index (χ2n) is 7.97. The summed E-state index contributed by atoms with van der Waals surface area (Å²) < 4.78 is 5.10. The van der Waals surface area contributed by atoms with Crippen molar-refractivity contribution in [2.24, 2.45) is 0 Å². The van der Waals surface area contributed by atoms with Crippen LogP contribution in [-0.4, -0.2) is 30.1 Å². The van der Waals surface area contributed by atoms with Crippen molar-refractivity contribution in [1.82, 2.24) is 10.6 Å². The number of amides is 3. The third kappa shape index (κ3) is 9.53. The van der Waals surface area contributed by atoms with E-state index in [2.05, 4.69) is 16.0 Å². The molecule has 0 spiro atoms. The van der Waals surface area contributed by atoms with E-state index in [1.165, 1.54) is 0 Å². The van der Waals surface area contributed by atoms with Crippen LogP contribution >= 0.6 is 11.6 Å². The lowest BCUT2D eigenvalue weighted by Gasteiger charge is -2.19. The molecule has 2 aromatic carbocycles. The van der Waals surface area contributed by atoms with E-state index in [4.69, 9.17) is 16.3 Å². The van der Waals surface area contributed by atoms with Gasteiger partial charge in [-0.3, -0.25) is 9.59 Å². The number of rotatable bonds is 8. The molecule has 2 aromatic rings. The van der Waals surface area contributed by atoms with Crippen molar-refractivity contribution in [2.45, 2.75) is 45.8 Å². The highest BCUT2D eigenvalue weighted by molar-refractivity contribution is 6.30. The Hall–Kier alpha value is -3.06. The van der Waals surface area contributed by atoms with Gasteiger partial charge >= 0.3 is 6.09 Å². The van der Waals surface area contributed by atoms with Crippen LogP contribution in [0.2, 0.25) is 5.02 Å². The number of halogens is 1. The van der Waals surface area contributed by atoms with E-state index in [9.17, 15) is 14.4 Å². The number of nitrogens with one attached hydrogen (secondary N) is 3. The summed E-state index contributed by atoms with van der Waals surface area (Å²) in [6, 6.07) is 14.6. The monoisotopic (exact) mass is 445 g/mol. The maximum Gasteiger partial charge on any atom is 0.408 e. The summed E-state index contributed by atoms with van der Waals surface area (Å²) >= 11 is 5.96. The summed E-state index contributed by atoms with van der Waals surface area (Å²) in [6.45, 7) is 5.27. The molecule has 7 nitrogen and oxygen atoms in total. The Bertz CT molecular complexity index is 925. The highest BCUT2D eigenvalue weighted by Crippen LogP contribution is 2.15. The zero-order chi connectivity index (χ0) is 22.9. The van der Waals surface area contributed by atoms with Gasteiger partial charge in [0, 0.05) is 23.7 Å². The third-order valence-corrected chi connectivity index (χ3v) is 4.32. The normalized spacial score (nSPS) is 10.8. The molecular formula is C23H28ClN3O4. The smallest absolute Gasteiger partial charge is 0.408 e. The molecular weight excluding hydrogens is 418 g/mol. The van der Waals surface area contributed by atoms with Gasteiger partial charge in [-0.15, -0.1) is 0 Å². The Kier molecular flexibility index (Phi) is 8.88. The van der Waals surface area contributed by atoms with Crippen LogP contribution in [0.5, 0.6) is 0 Å². The molecule has 31 heavy (non-hydrogen) atoms.